The van der Waals surface area contributed by atoms with Crippen LogP contribution in [0.2, 0.25) is 13.6 Å². The van der Waals surface area contributed by atoms with Crippen LogP contribution in [-0.2, 0) is 0 Å². The lowest BCUT2D eigenvalue weighted by Gasteiger charge is -2.01. The summed E-state index contributed by atoms with van der Waals surface area (Å²) in [5, 5.41) is 0. The molecular weight excluding hydrogens is 126 g/mol. The first-order valence-electron chi connectivity index (χ1n) is 3.46. The van der Waals surface area contributed by atoms with Crippen LogP contribution in [0, 0.1) is 5.82 Å². The molecule has 0 fully saturated rings. The average Bonchev–Trinajstić information content (AvgIpc) is 1.88. The van der Waals surface area contributed by atoms with Gasteiger partial charge in [0.2, 0.25) is 0 Å². The summed E-state index contributed by atoms with van der Waals surface area (Å²) >= 11 is 0. The molecule has 0 aliphatic rings. The summed E-state index contributed by atoms with van der Waals surface area (Å²) in [5.74, 6) is -0.0995. The van der Waals surface area contributed by atoms with Crippen LogP contribution in [0.15, 0.2) is 24.3 Å². The molecule has 52 valence electrons. The Balaban J connectivity index is 3.03. The van der Waals surface area contributed by atoms with Crippen molar-refractivity contribution in [2.45, 2.75) is 13.6 Å². The van der Waals surface area contributed by atoms with Crippen molar-refractivity contribution in [3.63, 3.8) is 0 Å². The Morgan fingerprint density at radius 2 is 1.80 bits per heavy atom. The molecule has 0 bridgehead atoms. The largest absolute Gasteiger partial charge is 0.208 e. The van der Waals surface area contributed by atoms with Crippen LogP contribution >= 0.6 is 0 Å². The zero-order chi connectivity index (χ0) is 7.56. The van der Waals surface area contributed by atoms with Crippen LogP contribution in [0.1, 0.15) is 0 Å². The molecule has 1 rings (SSSR count). The topological polar surface area (TPSA) is 0 Å². The number of benzene rings is 1. The van der Waals surface area contributed by atoms with Crippen molar-refractivity contribution in [2.75, 3.05) is 0 Å². The van der Waals surface area contributed by atoms with Crippen molar-refractivity contribution in [1.29, 1.82) is 0 Å². The summed E-state index contributed by atoms with van der Waals surface area (Å²) in [7, 11) is 0. The third-order valence-electron chi connectivity index (χ3n) is 1.53. The fraction of sp³-hybridized carbons (Fsp3) is 0.250. The van der Waals surface area contributed by atoms with Gasteiger partial charge in [0.1, 0.15) is 5.82 Å². The molecule has 2 heteroatoms. The number of hydrogen-bond acceptors (Lipinski definition) is 0. The fourth-order valence-electron chi connectivity index (χ4n) is 0.943. The Morgan fingerprint density at radius 1 is 1.20 bits per heavy atom. The Kier molecular flexibility index (Phi) is 2.10. The van der Waals surface area contributed by atoms with Crippen LogP contribution in [0.3, 0.4) is 0 Å². The highest BCUT2D eigenvalue weighted by Gasteiger charge is 2.06. The predicted molar refractivity (Wildman–Crippen MR) is 43.5 cm³/mol. The van der Waals surface area contributed by atoms with E-state index in [2.05, 4.69) is 0 Å². The molecule has 0 aromatic heterocycles. The minimum atomic E-state index is -0.0995. The van der Waals surface area contributed by atoms with Crippen LogP contribution in [0.25, 0.3) is 0 Å². The van der Waals surface area contributed by atoms with Gasteiger partial charge in [-0.2, -0.15) is 0 Å². The fourth-order valence-corrected chi connectivity index (χ4v) is 0.943. The van der Waals surface area contributed by atoms with E-state index in [0.29, 0.717) is 0 Å². The molecule has 10 heavy (non-hydrogen) atoms. The number of rotatable bonds is 1. The Labute approximate surface area is 61.1 Å². The van der Waals surface area contributed by atoms with Crippen molar-refractivity contribution in [2.24, 2.45) is 0 Å². The minimum absolute atomic E-state index is 0.0995. The Bertz CT molecular complexity index is 220. The molecule has 0 amide bonds. The van der Waals surface area contributed by atoms with E-state index >= 15 is 0 Å². The highest BCUT2D eigenvalue weighted by molar-refractivity contribution is 6.70. The molecule has 1 aromatic carbocycles. The standard InChI is InChI=1S/C8H10BF/c1-9(2)7-5-3-4-6-8(7)10/h3-6H,1-2H3. The summed E-state index contributed by atoms with van der Waals surface area (Å²) < 4.78 is 12.8. The maximum atomic E-state index is 12.8. The number of halogens is 1. The van der Waals surface area contributed by atoms with Crippen molar-refractivity contribution in [3.05, 3.63) is 30.1 Å². The SMILES string of the molecule is CB(C)c1ccccc1F. The maximum Gasteiger partial charge on any atom is 0.173 e. The average molecular weight is 136 g/mol. The molecular formula is C8H10BF. The second kappa shape index (κ2) is 2.87. The highest BCUT2D eigenvalue weighted by Crippen LogP contribution is 1.94. The molecule has 0 saturated heterocycles. The molecule has 0 heterocycles. The second-order valence-corrected chi connectivity index (χ2v) is 2.68. The smallest absolute Gasteiger partial charge is 0.173 e. The molecule has 0 aliphatic carbocycles. The van der Waals surface area contributed by atoms with Gasteiger partial charge in [-0.3, -0.25) is 0 Å². The first-order valence-corrected chi connectivity index (χ1v) is 3.46. The second-order valence-electron chi connectivity index (χ2n) is 2.68. The van der Waals surface area contributed by atoms with Gasteiger partial charge < -0.3 is 0 Å². The molecule has 0 radical (unpaired) electrons. The maximum absolute atomic E-state index is 12.8. The van der Waals surface area contributed by atoms with E-state index in [4.69, 9.17) is 0 Å². The number of hydrogen-bond donors (Lipinski definition) is 0. The quantitative estimate of drug-likeness (QED) is 0.516. The third-order valence-corrected chi connectivity index (χ3v) is 1.53. The predicted octanol–water partition coefficient (Wildman–Crippen LogP) is 1.79. The van der Waals surface area contributed by atoms with Gasteiger partial charge in [0.05, 0.1) is 0 Å². The van der Waals surface area contributed by atoms with E-state index in [-0.39, 0.29) is 12.5 Å². The van der Waals surface area contributed by atoms with E-state index in [1.54, 1.807) is 6.07 Å². The first kappa shape index (κ1) is 7.32. The summed E-state index contributed by atoms with van der Waals surface area (Å²) in [5.41, 5.74) is 0.794. The minimum Gasteiger partial charge on any atom is -0.208 e. The van der Waals surface area contributed by atoms with Gasteiger partial charge in [-0.15, -0.1) is 0 Å². The van der Waals surface area contributed by atoms with Gasteiger partial charge in [0.25, 0.3) is 0 Å². The van der Waals surface area contributed by atoms with Crippen molar-refractivity contribution in [1.82, 2.24) is 0 Å². The van der Waals surface area contributed by atoms with Gasteiger partial charge in [0.15, 0.2) is 6.71 Å². The lowest BCUT2D eigenvalue weighted by Crippen LogP contribution is -2.25. The highest BCUT2D eigenvalue weighted by atomic mass is 19.1. The Morgan fingerprint density at radius 3 is 2.20 bits per heavy atom. The molecule has 0 aliphatic heterocycles. The van der Waals surface area contributed by atoms with Gasteiger partial charge >= 0.3 is 0 Å². The van der Waals surface area contributed by atoms with E-state index in [0.717, 1.165) is 5.46 Å². The van der Waals surface area contributed by atoms with Gasteiger partial charge in [-0.05, 0) is 11.5 Å². The first-order chi connectivity index (χ1) is 4.72. The molecule has 0 spiro atoms. The van der Waals surface area contributed by atoms with Crippen LogP contribution < -0.4 is 5.46 Å². The molecule has 0 saturated carbocycles. The van der Waals surface area contributed by atoms with E-state index in [1.807, 2.05) is 25.8 Å². The molecule has 1 aromatic rings. The van der Waals surface area contributed by atoms with Gasteiger partial charge in [0, 0.05) is 0 Å². The summed E-state index contributed by atoms with van der Waals surface area (Å²) in [6.07, 6.45) is 0. The summed E-state index contributed by atoms with van der Waals surface area (Å²) in [6, 6.07) is 6.88. The van der Waals surface area contributed by atoms with Crippen LogP contribution in [0.5, 0.6) is 0 Å². The molecule has 0 atom stereocenters. The molecule has 0 nitrogen and oxygen atoms in total. The van der Waals surface area contributed by atoms with Crippen LogP contribution in [-0.4, -0.2) is 6.71 Å². The van der Waals surface area contributed by atoms with Crippen molar-refractivity contribution in [3.8, 4) is 0 Å². The van der Waals surface area contributed by atoms with Crippen molar-refractivity contribution >= 4 is 12.2 Å². The summed E-state index contributed by atoms with van der Waals surface area (Å²) in [6.45, 7) is 4.25. The lowest BCUT2D eigenvalue weighted by atomic mass is 9.49. The molecule has 0 unspecified atom stereocenters. The van der Waals surface area contributed by atoms with E-state index < -0.39 is 0 Å². The van der Waals surface area contributed by atoms with Crippen LogP contribution in [0.4, 0.5) is 4.39 Å². The van der Waals surface area contributed by atoms with Gasteiger partial charge in [-0.25, -0.2) is 4.39 Å². The van der Waals surface area contributed by atoms with E-state index in [1.165, 1.54) is 6.07 Å². The zero-order valence-corrected chi connectivity index (χ0v) is 6.26. The lowest BCUT2D eigenvalue weighted by molar-refractivity contribution is 0.635. The monoisotopic (exact) mass is 136 g/mol. The molecule has 0 N–H and O–H groups in total. The van der Waals surface area contributed by atoms with Gasteiger partial charge in [-0.1, -0.05) is 31.8 Å². The zero-order valence-electron chi connectivity index (χ0n) is 6.26. The normalized spacial score (nSPS) is 9.50. The summed E-state index contributed by atoms with van der Waals surface area (Å²) in [4.78, 5) is 0. The van der Waals surface area contributed by atoms with Crippen molar-refractivity contribution < 1.29 is 4.39 Å². The Hall–Kier alpha value is -0.785. The van der Waals surface area contributed by atoms with E-state index in [9.17, 15) is 4.39 Å². The third kappa shape index (κ3) is 1.38.